The minimum Gasteiger partial charge on any atom is -0.397 e. The summed E-state index contributed by atoms with van der Waals surface area (Å²) in [5.41, 5.74) is 9.54. The molecule has 2 aromatic rings. The van der Waals surface area contributed by atoms with E-state index in [9.17, 15) is 4.39 Å². The van der Waals surface area contributed by atoms with Crippen molar-refractivity contribution in [3.8, 4) is 0 Å². The summed E-state index contributed by atoms with van der Waals surface area (Å²) >= 11 is 3.42. The normalized spacial score (nSPS) is 10.4. The molecule has 0 aliphatic heterocycles. The first kappa shape index (κ1) is 12.9. The summed E-state index contributed by atoms with van der Waals surface area (Å²) in [7, 11) is 0. The maximum Gasteiger partial charge on any atom is 0.128 e. The fourth-order valence-corrected chi connectivity index (χ4v) is 2.04. The SMILES string of the molecule is Cc1cc(Nc2cc(Br)ccc2C)c(N)cc1F. The van der Waals surface area contributed by atoms with Crippen molar-refractivity contribution in [1.82, 2.24) is 0 Å². The van der Waals surface area contributed by atoms with Gasteiger partial charge >= 0.3 is 0 Å². The highest BCUT2D eigenvalue weighted by Gasteiger charge is 2.06. The predicted octanol–water partition coefficient (Wildman–Crippen LogP) is 4.53. The van der Waals surface area contributed by atoms with Crippen molar-refractivity contribution in [2.75, 3.05) is 11.1 Å². The molecule has 0 atom stereocenters. The molecule has 0 amide bonds. The highest BCUT2D eigenvalue weighted by atomic mass is 79.9. The first-order chi connectivity index (χ1) is 8.47. The van der Waals surface area contributed by atoms with Gasteiger partial charge in [-0.3, -0.25) is 0 Å². The second-order valence-electron chi connectivity index (χ2n) is 4.27. The first-order valence-electron chi connectivity index (χ1n) is 5.56. The summed E-state index contributed by atoms with van der Waals surface area (Å²) in [5, 5.41) is 3.23. The lowest BCUT2D eigenvalue weighted by Gasteiger charge is -2.13. The fraction of sp³-hybridized carbons (Fsp3) is 0.143. The van der Waals surface area contributed by atoms with Gasteiger partial charge in [0.15, 0.2) is 0 Å². The Hall–Kier alpha value is -1.55. The molecule has 0 radical (unpaired) electrons. The van der Waals surface area contributed by atoms with Crippen molar-refractivity contribution in [2.24, 2.45) is 0 Å². The maximum absolute atomic E-state index is 13.3. The van der Waals surface area contributed by atoms with Crippen LogP contribution in [0.4, 0.5) is 21.5 Å². The van der Waals surface area contributed by atoms with Gasteiger partial charge in [-0.2, -0.15) is 0 Å². The third-order valence-corrected chi connectivity index (χ3v) is 3.29. The molecule has 94 valence electrons. The Morgan fingerprint density at radius 1 is 1.06 bits per heavy atom. The van der Waals surface area contributed by atoms with Gasteiger partial charge in [0.05, 0.1) is 11.4 Å². The molecular formula is C14H14BrFN2. The molecule has 2 aromatic carbocycles. The van der Waals surface area contributed by atoms with Crippen molar-refractivity contribution >= 4 is 33.0 Å². The van der Waals surface area contributed by atoms with Crippen molar-refractivity contribution < 1.29 is 4.39 Å². The van der Waals surface area contributed by atoms with Crippen LogP contribution in [-0.4, -0.2) is 0 Å². The van der Waals surface area contributed by atoms with Gasteiger partial charge in [0.1, 0.15) is 5.82 Å². The highest BCUT2D eigenvalue weighted by Crippen LogP contribution is 2.29. The second kappa shape index (κ2) is 4.98. The molecule has 0 aliphatic carbocycles. The number of halogens is 2. The summed E-state index contributed by atoms with van der Waals surface area (Å²) in [6, 6.07) is 8.99. The number of nitrogens with two attached hydrogens (primary N) is 1. The number of aryl methyl sites for hydroxylation is 2. The third kappa shape index (κ3) is 2.64. The van der Waals surface area contributed by atoms with Gasteiger partial charge in [-0.05, 0) is 49.2 Å². The van der Waals surface area contributed by atoms with Gasteiger partial charge in [-0.1, -0.05) is 22.0 Å². The van der Waals surface area contributed by atoms with Crippen LogP contribution < -0.4 is 11.1 Å². The van der Waals surface area contributed by atoms with E-state index in [0.717, 1.165) is 21.4 Å². The predicted molar refractivity (Wildman–Crippen MR) is 77.7 cm³/mol. The number of rotatable bonds is 2. The molecule has 0 aromatic heterocycles. The number of hydrogen-bond acceptors (Lipinski definition) is 2. The summed E-state index contributed by atoms with van der Waals surface area (Å²) in [6.07, 6.45) is 0. The minimum atomic E-state index is -0.288. The zero-order valence-electron chi connectivity index (χ0n) is 10.2. The van der Waals surface area contributed by atoms with Gasteiger partial charge in [0.25, 0.3) is 0 Å². The molecule has 3 N–H and O–H groups in total. The summed E-state index contributed by atoms with van der Waals surface area (Å²) in [6.45, 7) is 3.72. The first-order valence-corrected chi connectivity index (χ1v) is 6.35. The van der Waals surface area contributed by atoms with Gasteiger partial charge in [0.2, 0.25) is 0 Å². The minimum absolute atomic E-state index is 0.288. The van der Waals surface area contributed by atoms with Crippen LogP contribution in [-0.2, 0) is 0 Å². The molecule has 0 aliphatic rings. The zero-order chi connectivity index (χ0) is 13.3. The van der Waals surface area contributed by atoms with E-state index in [1.54, 1.807) is 13.0 Å². The van der Waals surface area contributed by atoms with Crippen LogP contribution in [0.5, 0.6) is 0 Å². The lowest BCUT2D eigenvalue weighted by atomic mass is 10.1. The van der Waals surface area contributed by atoms with E-state index in [2.05, 4.69) is 21.2 Å². The van der Waals surface area contributed by atoms with E-state index in [0.29, 0.717) is 11.3 Å². The van der Waals surface area contributed by atoms with E-state index >= 15 is 0 Å². The van der Waals surface area contributed by atoms with E-state index in [4.69, 9.17) is 5.73 Å². The van der Waals surface area contributed by atoms with E-state index in [1.165, 1.54) is 6.07 Å². The Kier molecular flexibility index (Phi) is 3.57. The smallest absolute Gasteiger partial charge is 0.128 e. The number of anilines is 3. The number of hydrogen-bond donors (Lipinski definition) is 2. The maximum atomic E-state index is 13.3. The van der Waals surface area contributed by atoms with Crippen molar-refractivity contribution in [3.05, 3.63) is 51.7 Å². The van der Waals surface area contributed by atoms with E-state index in [1.807, 2.05) is 25.1 Å². The van der Waals surface area contributed by atoms with Gasteiger partial charge < -0.3 is 11.1 Å². The summed E-state index contributed by atoms with van der Waals surface area (Å²) in [4.78, 5) is 0. The molecule has 0 saturated carbocycles. The Balaban J connectivity index is 2.40. The lowest BCUT2D eigenvalue weighted by Crippen LogP contribution is -2.00. The highest BCUT2D eigenvalue weighted by molar-refractivity contribution is 9.10. The monoisotopic (exact) mass is 308 g/mol. The zero-order valence-corrected chi connectivity index (χ0v) is 11.8. The molecule has 2 rings (SSSR count). The van der Waals surface area contributed by atoms with Crippen molar-refractivity contribution in [2.45, 2.75) is 13.8 Å². The Morgan fingerprint density at radius 3 is 2.50 bits per heavy atom. The topological polar surface area (TPSA) is 38.0 Å². The van der Waals surface area contributed by atoms with Crippen LogP contribution in [0.25, 0.3) is 0 Å². The molecule has 0 bridgehead atoms. The van der Waals surface area contributed by atoms with Crippen molar-refractivity contribution in [1.29, 1.82) is 0 Å². The molecule has 0 spiro atoms. The van der Waals surface area contributed by atoms with Gasteiger partial charge in [-0.25, -0.2) is 4.39 Å². The van der Waals surface area contributed by atoms with E-state index < -0.39 is 0 Å². The third-order valence-electron chi connectivity index (χ3n) is 2.80. The standard InChI is InChI=1S/C14H14BrFN2/c1-8-3-4-10(15)6-13(8)18-14-5-9(2)11(16)7-12(14)17/h3-7,18H,17H2,1-2H3. The van der Waals surface area contributed by atoms with E-state index in [-0.39, 0.29) is 5.82 Å². The summed E-state index contributed by atoms with van der Waals surface area (Å²) in [5.74, 6) is -0.288. The molecule has 0 saturated heterocycles. The van der Waals surface area contributed by atoms with Crippen LogP contribution in [0.15, 0.2) is 34.8 Å². The quantitative estimate of drug-likeness (QED) is 0.800. The number of benzene rings is 2. The van der Waals surface area contributed by atoms with Gasteiger partial charge in [0, 0.05) is 10.2 Å². The van der Waals surface area contributed by atoms with Crippen LogP contribution in [0.2, 0.25) is 0 Å². The molecule has 2 nitrogen and oxygen atoms in total. The molecule has 0 heterocycles. The summed E-state index contributed by atoms with van der Waals surface area (Å²) < 4.78 is 14.3. The molecule has 0 fully saturated rings. The van der Waals surface area contributed by atoms with Crippen LogP contribution in [0.3, 0.4) is 0 Å². The van der Waals surface area contributed by atoms with Crippen LogP contribution >= 0.6 is 15.9 Å². The molecule has 4 heteroatoms. The fourth-order valence-electron chi connectivity index (χ4n) is 1.68. The second-order valence-corrected chi connectivity index (χ2v) is 5.19. The van der Waals surface area contributed by atoms with Gasteiger partial charge in [-0.15, -0.1) is 0 Å². The Labute approximate surface area is 114 Å². The molecule has 0 unspecified atom stereocenters. The Morgan fingerprint density at radius 2 is 1.78 bits per heavy atom. The number of nitrogen functional groups attached to an aromatic ring is 1. The molecular weight excluding hydrogens is 295 g/mol. The number of nitrogens with one attached hydrogen (secondary N) is 1. The Bertz CT molecular complexity index is 597. The lowest BCUT2D eigenvalue weighted by molar-refractivity contribution is 0.619. The van der Waals surface area contributed by atoms with Crippen LogP contribution in [0.1, 0.15) is 11.1 Å². The van der Waals surface area contributed by atoms with Crippen LogP contribution in [0, 0.1) is 19.7 Å². The average molecular weight is 309 g/mol. The van der Waals surface area contributed by atoms with Crippen molar-refractivity contribution in [3.63, 3.8) is 0 Å². The largest absolute Gasteiger partial charge is 0.397 e. The molecule has 18 heavy (non-hydrogen) atoms. The average Bonchev–Trinajstić information content (AvgIpc) is 2.30.